The average Bonchev–Trinajstić information content (AvgIpc) is 2.81. The van der Waals surface area contributed by atoms with Gasteiger partial charge in [0, 0.05) is 37.8 Å². The van der Waals surface area contributed by atoms with E-state index in [1.165, 1.54) is 5.56 Å². The molecule has 1 atom stereocenters. The lowest BCUT2D eigenvalue weighted by molar-refractivity contribution is 0.182. The highest BCUT2D eigenvalue weighted by atomic mass is 16.3. The summed E-state index contributed by atoms with van der Waals surface area (Å²) in [6.45, 7) is 9.70. The summed E-state index contributed by atoms with van der Waals surface area (Å²) in [5.41, 5.74) is 1.21. The van der Waals surface area contributed by atoms with Crippen LogP contribution >= 0.6 is 0 Å². The first-order chi connectivity index (χ1) is 8.63. The monoisotopic (exact) mass is 253 g/mol. The number of rotatable bonds is 9. The molecule has 1 N–H and O–H groups in total. The summed E-state index contributed by atoms with van der Waals surface area (Å²) in [4.78, 5) is 4.74. The van der Waals surface area contributed by atoms with Crippen LogP contribution in [0.5, 0.6) is 0 Å². The maximum Gasteiger partial charge on any atom is 0.0947 e. The van der Waals surface area contributed by atoms with Crippen molar-refractivity contribution in [1.82, 2.24) is 15.1 Å². The summed E-state index contributed by atoms with van der Waals surface area (Å²) in [6.07, 6.45) is 3.51. The first kappa shape index (κ1) is 15.2. The number of furan rings is 1. The lowest BCUT2D eigenvalue weighted by Gasteiger charge is -2.30. The van der Waals surface area contributed by atoms with Crippen LogP contribution in [0.25, 0.3) is 0 Å². The van der Waals surface area contributed by atoms with E-state index in [1.54, 1.807) is 12.5 Å². The van der Waals surface area contributed by atoms with E-state index in [9.17, 15) is 0 Å². The van der Waals surface area contributed by atoms with Gasteiger partial charge in [-0.05, 0) is 33.6 Å². The lowest BCUT2D eigenvalue weighted by atomic mass is 10.2. The Labute approximate surface area is 111 Å². The molecule has 4 nitrogen and oxygen atoms in total. The minimum Gasteiger partial charge on any atom is -0.472 e. The van der Waals surface area contributed by atoms with E-state index in [2.05, 4.69) is 43.1 Å². The van der Waals surface area contributed by atoms with Gasteiger partial charge in [-0.2, -0.15) is 0 Å². The standard InChI is InChI=1S/C14H27N3O/c1-5-17(13(2)11-16(3)4)8-7-15-10-14-6-9-18-12-14/h6,9,12-13,15H,5,7-8,10-11H2,1-4H3. The molecule has 0 saturated heterocycles. The average molecular weight is 253 g/mol. The summed E-state index contributed by atoms with van der Waals surface area (Å²) in [5.74, 6) is 0. The van der Waals surface area contributed by atoms with E-state index >= 15 is 0 Å². The van der Waals surface area contributed by atoms with Crippen molar-refractivity contribution in [3.63, 3.8) is 0 Å². The van der Waals surface area contributed by atoms with Crippen molar-refractivity contribution >= 4 is 0 Å². The number of likely N-dealkylation sites (N-methyl/N-ethyl adjacent to an activating group) is 2. The smallest absolute Gasteiger partial charge is 0.0947 e. The predicted octanol–water partition coefficient (Wildman–Crippen LogP) is 1.64. The van der Waals surface area contributed by atoms with Crippen molar-refractivity contribution in [2.45, 2.75) is 26.4 Å². The van der Waals surface area contributed by atoms with Crippen LogP contribution in [0.1, 0.15) is 19.4 Å². The SMILES string of the molecule is CCN(CCNCc1ccoc1)C(C)CN(C)C. The van der Waals surface area contributed by atoms with Gasteiger partial charge in [-0.1, -0.05) is 6.92 Å². The quantitative estimate of drug-likeness (QED) is 0.678. The van der Waals surface area contributed by atoms with Gasteiger partial charge in [0.05, 0.1) is 12.5 Å². The Morgan fingerprint density at radius 2 is 2.17 bits per heavy atom. The molecule has 1 aromatic rings. The zero-order valence-corrected chi connectivity index (χ0v) is 12.1. The molecule has 18 heavy (non-hydrogen) atoms. The van der Waals surface area contributed by atoms with Gasteiger partial charge in [0.1, 0.15) is 0 Å². The molecular formula is C14H27N3O. The Kier molecular flexibility index (Phi) is 7.01. The third kappa shape index (κ3) is 5.67. The molecule has 0 spiro atoms. The number of hydrogen-bond acceptors (Lipinski definition) is 4. The van der Waals surface area contributed by atoms with Crippen LogP contribution in [0.2, 0.25) is 0 Å². The summed E-state index contributed by atoms with van der Waals surface area (Å²) in [7, 11) is 4.25. The van der Waals surface area contributed by atoms with Crippen LogP contribution < -0.4 is 5.32 Å². The molecule has 0 radical (unpaired) electrons. The number of nitrogens with zero attached hydrogens (tertiary/aromatic N) is 2. The zero-order chi connectivity index (χ0) is 13.4. The van der Waals surface area contributed by atoms with Gasteiger partial charge in [0.15, 0.2) is 0 Å². The van der Waals surface area contributed by atoms with E-state index in [0.29, 0.717) is 6.04 Å². The third-order valence-electron chi connectivity index (χ3n) is 3.14. The topological polar surface area (TPSA) is 31.6 Å². The first-order valence-electron chi connectivity index (χ1n) is 6.74. The Morgan fingerprint density at radius 1 is 1.39 bits per heavy atom. The van der Waals surface area contributed by atoms with Gasteiger partial charge in [0.25, 0.3) is 0 Å². The second kappa shape index (κ2) is 8.29. The molecule has 0 amide bonds. The highest BCUT2D eigenvalue weighted by molar-refractivity contribution is 5.04. The van der Waals surface area contributed by atoms with Crippen LogP contribution in [0.4, 0.5) is 0 Å². The molecule has 0 saturated carbocycles. The summed E-state index contributed by atoms with van der Waals surface area (Å²) in [5, 5.41) is 3.45. The van der Waals surface area contributed by atoms with Crippen LogP contribution in [0, 0.1) is 0 Å². The van der Waals surface area contributed by atoms with Crippen molar-refractivity contribution in [3.8, 4) is 0 Å². The minimum atomic E-state index is 0.598. The first-order valence-corrected chi connectivity index (χ1v) is 6.74. The largest absolute Gasteiger partial charge is 0.472 e. The highest BCUT2D eigenvalue weighted by Gasteiger charge is 2.11. The lowest BCUT2D eigenvalue weighted by Crippen LogP contribution is -2.43. The molecular weight excluding hydrogens is 226 g/mol. The zero-order valence-electron chi connectivity index (χ0n) is 12.1. The normalized spacial score (nSPS) is 13.4. The van der Waals surface area contributed by atoms with Crippen molar-refractivity contribution in [2.75, 3.05) is 40.3 Å². The Morgan fingerprint density at radius 3 is 2.72 bits per heavy atom. The van der Waals surface area contributed by atoms with Gasteiger partial charge in [-0.25, -0.2) is 0 Å². The maximum absolute atomic E-state index is 5.04. The van der Waals surface area contributed by atoms with Crippen molar-refractivity contribution in [3.05, 3.63) is 24.2 Å². The van der Waals surface area contributed by atoms with Gasteiger partial charge >= 0.3 is 0 Å². The van der Waals surface area contributed by atoms with Crippen molar-refractivity contribution in [1.29, 1.82) is 0 Å². The Bertz CT molecular complexity index is 298. The van der Waals surface area contributed by atoms with Gasteiger partial charge in [-0.3, -0.25) is 4.90 Å². The molecule has 0 aliphatic carbocycles. The van der Waals surface area contributed by atoms with Crippen molar-refractivity contribution in [2.24, 2.45) is 0 Å². The molecule has 1 aromatic heterocycles. The van der Waals surface area contributed by atoms with E-state index in [0.717, 1.165) is 32.7 Å². The van der Waals surface area contributed by atoms with Crippen LogP contribution in [-0.2, 0) is 6.54 Å². The van der Waals surface area contributed by atoms with Gasteiger partial charge in [-0.15, -0.1) is 0 Å². The summed E-state index contributed by atoms with van der Waals surface area (Å²) >= 11 is 0. The third-order valence-corrected chi connectivity index (χ3v) is 3.14. The van der Waals surface area contributed by atoms with E-state index in [1.807, 2.05) is 6.07 Å². The van der Waals surface area contributed by atoms with Crippen LogP contribution in [0.15, 0.2) is 23.0 Å². The fourth-order valence-electron chi connectivity index (χ4n) is 2.18. The van der Waals surface area contributed by atoms with Crippen molar-refractivity contribution < 1.29 is 4.42 Å². The predicted molar refractivity (Wildman–Crippen MR) is 75.7 cm³/mol. The second-order valence-corrected chi connectivity index (χ2v) is 5.05. The molecule has 1 unspecified atom stereocenters. The van der Waals surface area contributed by atoms with Gasteiger partial charge < -0.3 is 14.6 Å². The van der Waals surface area contributed by atoms with Crippen LogP contribution in [0.3, 0.4) is 0 Å². The second-order valence-electron chi connectivity index (χ2n) is 5.05. The molecule has 104 valence electrons. The maximum atomic E-state index is 5.04. The number of nitrogens with one attached hydrogen (secondary N) is 1. The minimum absolute atomic E-state index is 0.598. The molecule has 0 aromatic carbocycles. The molecule has 1 rings (SSSR count). The summed E-state index contributed by atoms with van der Waals surface area (Å²) < 4.78 is 5.04. The van der Waals surface area contributed by atoms with Gasteiger partial charge in [0.2, 0.25) is 0 Å². The number of hydrogen-bond donors (Lipinski definition) is 1. The molecule has 0 aliphatic heterocycles. The molecule has 1 heterocycles. The van der Waals surface area contributed by atoms with E-state index in [4.69, 9.17) is 4.42 Å². The molecule has 4 heteroatoms. The van der Waals surface area contributed by atoms with E-state index < -0.39 is 0 Å². The Hall–Kier alpha value is -0.840. The Balaban J connectivity index is 2.18. The fraction of sp³-hybridized carbons (Fsp3) is 0.714. The highest BCUT2D eigenvalue weighted by Crippen LogP contribution is 2.00. The fourth-order valence-corrected chi connectivity index (χ4v) is 2.18. The van der Waals surface area contributed by atoms with E-state index in [-0.39, 0.29) is 0 Å². The molecule has 0 fully saturated rings. The van der Waals surface area contributed by atoms with Crippen LogP contribution in [-0.4, -0.2) is 56.1 Å². The molecule has 0 bridgehead atoms. The summed E-state index contributed by atoms with van der Waals surface area (Å²) in [6, 6.07) is 2.60. The molecule has 0 aliphatic rings.